The van der Waals surface area contributed by atoms with Crippen molar-refractivity contribution in [3.8, 4) is 11.4 Å². The van der Waals surface area contributed by atoms with Gasteiger partial charge in [0.1, 0.15) is 5.82 Å². The zero-order valence-electron chi connectivity index (χ0n) is 12.1. The van der Waals surface area contributed by atoms with Gasteiger partial charge in [0.05, 0.1) is 12.6 Å². The van der Waals surface area contributed by atoms with Gasteiger partial charge in [0.15, 0.2) is 5.82 Å². The molecule has 114 valence electrons. The first-order valence-corrected chi connectivity index (χ1v) is 6.74. The maximum absolute atomic E-state index is 13.2. The Morgan fingerprint density at radius 3 is 2.82 bits per heavy atom. The van der Waals surface area contributed by atoms with Crippen molar-refractivity contribution < 1.29 is 13.4 Å². The molecule has 0 fully saturated rings. The molecule has 0 spiro atoms. The van der Waals surface area contributed by atoms with Crippen molar-refractivity contribution in [3.05, 3.63) is 47.7 Å². The molecule has 1 atom stereocenters. The average Bonchev–Trinajstić information content (AvgIpc) is 3.14. The summed E-state index contributed by atoms with van der Waals surface area (Å²) in [6, 6.07) is 5.84. The van der Waals surface area contributed by atoms with Gasteiger partial charge in [-0.25, -0.2) is 4.39 Å². The van der Waals surface area contributed by atoms with E-state index in [1.165, 1.54) is 12.1 Å². The van der Waals surface area contributed by atoms with E-state index in [1.807, 2.05) is 6.92 Å². The lowest BCUT2D eigenvalue weighted by Gasteiger charge is -2.06. The summed E-state index contributed by atoms with van der Waals surface area (Å²) in [7, 11) is 0. The first-order chi connectivity index (χ1) is 10.6. The predicted molar refractivity (Wildman–Crippen MR) is 74.0 cm³/mol. The van der Waals surface area contributed by atoms with Crippen molar-refractivity contribution in [2.45, 2.75) is 26.4 Å². The van der Waals surface area contributed by atoms with E-state index < -0.39 is 0 Å². The highest BCUT2D eigenvalue weighted by Gasteiger charge is 2.16. The molecule has 3 aromatic rings. The van der Waals surface area contributed by atoms with Gasteiger partial charge in [0.2, 0.25) is 17.6 Å². The molecular weight excluding hydrogens is 289 g/mol. The second-order valence-electron chi connectivity index (χ2n) is 4.80. The average molecular weight is 303 g/mol. The fourth-order valence-corrected chi connectivity index (χ4v) is 1.90. The predicted octanol–water partition coefficient (Wildman–Crippen LogP) is 2.42. The molecule has 0 aliphatic heterocycles. The number of rotatable bonds is 5. The smallest absolute Gasteiger partial charge is 0.243 e. The fourth-order valence-electron chi connectivity index (χ4n) is 1.90. The molecule has 1 N–H and O–H groups in total. The SMILES string of the molecule is Cc1nc(CN[C@@H](C)c2nc(-c3cccc(F)c3)no2)no1. The van der Waals surface area contributed by atoms with Gasteiger partial charge in [-0.15, -0.1) is 0 Å². The minimum Gasteiger partial charge on any atom is -0.340 e. The van der Waals surface area contributed by atoms with Crippen molar-refractivity contribution in [2.24, 2.45) is 0 Å². The van der Waals surface area contributed by atoms with Crippen molar-refractivity contribution in [3.63, 3.8) is 0 Å². The van der Waals surface area contributed by atoms with Crippen LogP contribution in [0, 0.1) is 12.7 Å². The Hall–Kier alpha value is -2.61. The Balaban J connectivity index is 1.67. The van der Waals surface area contributed by atoms with E-state index in [9.17, 15) is 4.39 Å². The van der Waals surface area contributed by atoms with E-state index in [1.54, 1.807) is 19.1 Å². The molecule has 0 aliphatic rings. The highest BCUT2D eigenvalue weighted by Crippen LogP contribution is 2.19. The Morgan fingerprint density at radius 2 is 2.09 bits per heavy atom. The topological polar surface area (TPSA) is 89.9 Å². The molecule has 7 nitrogen and oxygen atoms in total. The third-order valence-electron chi connectivity index (χ3n) is 3.03. The van der Waals surface area contributed by atoms with Crippen LogP contribution in [0.25, 0.3) is 11.4 Å². The molecule has 2 aromatic heterocycles. The van der Waals surface area contributed by atoms with Crippen LogP contribution in [0.1, 0.15) is 30.6 Å². The molecule has 0 radical (unpaired) electrons. The molecule has 2 heterocycles. The van der Waals surface area contributed by atoms with Crippen LogP contribution < -0.4 is 5.32 Å². The standard InChI is InChI=1S/C14H14FN5O2/c1-8(16-7-12-17-9(2)21-19-12)14-18-13(20-22-14)10-4-3-5-11(15)6-10/h3-6,8,16H,7H2,1-2H3/t8-/m0/s1. The van der Waals surface area contributed by atoms with Gasteiger partial charge in [-0.05, 0) is 19.1 Å². The first-order valence-electron chi connectivity index (χ1n) is 6.74. The normalized spacial score (nSPS) is 12.5. The molecule has 3 rings (SSSR count). The second kappa shape index (κ2) is 6.02. The molecule has 0 saturated carbocycles. The third-order valence-corrected chi connectivity index (χ3v) is 3.03. The zero-order valence-corrected chi connectivity index (χ0v) is 12.1. The quantitative estimate of drug-likeness (QED) is 0.774. The summed E-state index contributed by atoms with van der Waals surface area (Å²) in [5, 5.41) is 10.8. The van der Waals surface area contributed by atoms with Gasteiger partial charge in [-0.1, -0.05) is 22.4 Å². The minimum absolute atomic E-state index is 0.200. The van der Waals surface area contributed by atoms with Crippen LogP contribution in [-0.4, -0.2) is 20.3 Å². The largest absolute Gasteiger partial charge is 0.340 e. The van der Waals surface area contributed by atoms with Gasteiger partial charge >= 0.3 is 0 Å². The van der Waals surface area contributed by atoms with Crippen LogP contribution in [-0.2, 0) is 6.54 Å². The Kier molecular flexibility index (Phi) is 3.92. The van der Waals surface area contributed by atoms with E-state index in [0.29, 0.717) is 35.5 Å². The van der Waals surface area contributed by atoms with Crippen LogP contribution >= 0.6 is 0 Å². The lowest BCUT2D eigenvalue weighted by molar-refractivity contribution is 0.335. The number of hydrogen-bond acceptors (Lipinski definition) is 7. The zero-order chi connectivity index (χ0) is 15.5. The van der Waals surface area contributed by atoms with Crippen LogP contribution in [0.3, 0.4) is 0 Å². The van der Waals surface area contributed by atoms with Gasteiger partial charge < -0.3 is 9.05 Å². The maximum Gasteiger partial charge on any atom is 0.243 e. The van der Waals surface area contributed by atoms with E-state index in [4.69, 9.17) is 9.05 Å². The Labute approximate surface area is 125 Å². The number of nitrogens with one attached hydrogen (secondary N) is 1. The van der Waals surface area contributed by atoms with E-state index in [2.05, 4.69) is 25.6 Å². The van der Waals surface area contributed by atoms with Gasteiger partial charge in [-0.2, -0.15) is 9.97 Å². The Morgan fingerprint density at radius 1 is 1.23 bits per heavy atom. The van der Waals surface area contributed by atoms with Gasteiger partial charge in [0.25, 0.3) is 0 Å². The van der Waals surface area contributed by atoms with Gasteiger partial charge in [0, 0.05) is 12.5 Å². The van der Waals surface area contributed by atoms with E-state index in [0.717, 1.165) is 0 Å². The molecule has 0 bridgehead atoms. The summed E-state index contributed by atoms with van der Waals surface area (Å²) in [5.41, 5.74) is 0.566. The van der Waals surface area contributed by atoms with E-state index >= 15 is 0 Å². The van der Waals surface area contributed by atoms with Crippen LogP contribution in [0.5, 0.6) is 0 Å². The highest BCUT2D eigenvalue weighted by molar-refractivity contribution is 5.53. The Bertz CT molecular complexity index is 770. The molecule has 1 aromatic carbocycles. The van der Waals surface area contributed by atoms with Crippen LogP contribution in [0.15, 0.2) is 33.3 Å². The minimum atomic E-state index is -0.345. The number of nitrogens with zero attached hydrogens (tertiary/aromatic N) is 4. The molecule has 0 unspecified atom stereocenters. The number of halogens is 1. The van der Waals surface area contributed by atoms with Gasteiger partial charge in [-0.3, -0.25) is 5.32 Å². The van der Waals surface area contributed by atoms with Crippen LogP contribution in [0.2, 0.25) is 0 Å². The maximum atomic E-state index is 13.2. The lowest BCUT2D eigenvalue weighted by Crippen LogP contribution is -2.19. The number of hydrogen-bond donors (Lipinski definition) is 1. The third kappa shape index (κ3) is 3.17. The second-order valence-corrected chi connectivity index (χ2v) is 4.80. The monoisotopic (exact) mass is 303 g/mol. The molecule has 22 heavy (non-hydrogen) atoms. The molecule has 8 heteroatoms. The summed E-state index contributed by atoms with van der Waals surface area (Å²) in [4.78, 5) is 8.36. The summed E-state index contributed by atoms with van der Waals surface area (Å²) >= 11 is 0. The molecule has 0 amide bonds. The fraction of sp³-hybridized carbons (Fsp3) is 0.286. The van der Waals surface area contributed by atoms with E-state index in [-0.39, 0.29) is 11.9 Å². The number of benzene rings is 1. The summed E-state index contributed by atoms with van der Waals surface area (Å²) < 4.78 is 23.3. The van der Waals surface area contributed by atoms with Crippen molar-refractivity contribution in [1.29, 1.82) is 0 Å². The summed E-state index contributed by atoms with van der Waals surface area (Å²) in [5.74, 6) is 1.46. The lowest BCUT2D eigenvalue weighted by atomic mass is 10.2. The van der Waals surface area contributed by atoms with Crippen LogP contribution in [0.4, 0.5) is 4.39 Å². The molecule has 0 saturated heterocycles. The summed E-state index contributed by atoms with van der Waals surface area (Å²) in [6.45, 7) is 4.01. The van der Waals surface area contributed by atoms with Crippen molar-refractivity contribution in [1.82, 2.24) is 25.6 Å². The number of aromatic nitrogens is 4. The highest BCUT2D eigenvalue weighted by atomic mass is 19.1. The molecule has 0 aliphatic carbocycles. The van der Waals surface area contributed by atoms with Crippen molar-refractivity contribution >= 4 is 0 Å². The molecular formula is C14H14FN5O2. The summed E-state index contributed by atoms with van der Waals surface area (Å²) in [6.07, 6.45) is 0. The first kappa shape index (κ1) is 14.3. The number of aryl methyl sites for hydroxylation is 1. The van der Waals surface area contributed by atoms with Crippen molar-refractivity contribution in [2.75, 3.05) is 0 Å².